The number of para-hydroxylation sites is 1. The van der Waals surface area contributed by atoms with Crippen LogP contribution in [-0.4, -0.2) is 18.3 Å². The van der Waals surface area contributed by atoms with Gasteiger partial charge in [0.25, 0.3) is 0 Å². The van der Waals surface area contributed by atoms with Crippen molar-refractivity contribution in [2.75, 3.05) is 13.2 Å². The maximum absolute atomic E-state index is 13.5. The van der Waals surface area contributed by atoms with Crippen molar-refractivity contribution in [2.24, 2.45) is 0 Å². The first kappa shape index (κ1) is 15.4. The lowest BCUT2D eigenvalue weighted by Gasteiger charge is -2.11. The summed E-state index contributed by atoms with van der Waals surface area (Å²) in [6, 6.07) is 10.9. The van der Waals surface area contributed by atoms with E-state index in [1.807, 2.05) is 24.3 Å². The Morgan fingerprint density at radius 2 is 1.76 bits per heavy atom. The van der Waals surface area contributed by atoms with Gasteiger partial charge in [0.1, 0.15) is 24.0 Å². The lowest BCUT2D eigenvalue weighted by molar-refractivity contribution is 0.200. The van der Waals surface area contributed by atoms with Crippen molar-refractivity contribution < 1.29 is 18.6 Å². The summed E-state index contributed by atoms with van der Waals surface area (Å²) in [5, 5.41) is 11.9. The van der Waals surface area contributed by atoms with Crippen molar-refractivity contribution in [3.8, 4) is 5.75 Å². The Bertz CT molecular complexity index is 590. The lowest BCUT2D eigenvalue weighted by Crippen LogP contribution is -2.15. The van der Waals surface area contributed by atoms with E-state index in [2.05, 4.69) is 5.32 Å². The van der Waals surface area contributed by atoms with Crippen LogP contribution in [0.2, 0.25) is 0 Å². The number of halogens is 2. The zero-order chi connectivity index (χ0) is 15.1. The molecule has 0 saturated heterocycles. The highest BCUT2D eigenvalue weighted by molar-refractivity contribution is 5.33. The maximum atomic E-state index is 13.5. The molecule has 2 rings (SSSR count). The molecule has 21 heavy (non-hydrogen) atoms. The monoisotopic (exact) mass is 293 g/mol. The fourth-order valence-corrected chi connectivity index (χ4v) is 1.94. The van der Waals surface area contributed by atoms with E-state index in [4.69, 9.17) is 9.84 Å². The number of aliphatic hydroxyl groups is 1. The first-order valence-electron chi connectivity index (χ1n) is 6.67. The predicted octanol–water partition coefficient (Wildman–Crippen LogP) is 2.63. The Labute approximate surface area is 122 Å². The Hall–Kier alpha value is -1.98. The molecule has 0 heterocycles. The quantitative estimate of drug-likeness (QED) is 0.824. The molecule has 0 amide bonds. The minimum atomic E-state index is -0.584. The summed E-state index contributed by atoms with van der Waals surface area (Å²) in [4.78, 5) is 0. The summed E-state index contributed by atoms with van der Waals surface area (Å²) in [5.41, 5.74) is 1.32. The van der Waals surface area contributed by atoms with Gasteiger partial charge in [-0.3, -0.25) is 0 Å². The van der Waals surface area contributed by atoms with Crippen LogP contribution < -0.4 is 10.1 Å². The number of nitrogens with one attached hydrogen (secondary N) is 1. The minimum Gasteiger partial charge on any atom is -0.491 e. The highest BCUT2D eigenvalue weighted by Gasteiger charge is 2.05. The molecule has 0 aromatic heterocycles. The molecule has 0 fully saturated rings. The lowest BCUT2D eigenvalue weighted by atomic mass is 10.1. The first-order valence-corrected chi connectivity index (χ1v) is 6.67. The van der Waals surface area contributed by atoms with Crippen LogP contribution >= 0.6 is 0 Å². The first-order chi connectivity index (χ1) is 10.2. The van der Waals surface area contributed by atoms with E-state index in [1.54, 1.807) is 0 Å². The summed E-state index contributed by atoms with van der Waals surface area (Å²) >= 11 is 0. The van der Waals surface area contributed by atoms with Crippen molar-refractivity contribution in [3.63, 3.8) is 0 Å². The summed E-state index contributed by atoms with van der Waals surface area (Å²) in [5.74, 6) is -0.468. The molecule has 0 atom stereocenters. The average molecular weight is 293 g/mol. The SMILES string of the molecule is OCCOc1ccccc1CNCc1ccc(F)cc1F. The zero-order valence-electron chi connectivity index (χ0n) is 11.5. The van der Waals surface area contributed by atoms with E-state index in [0.29, 0.717) is 24.4 Å². The van der Waals surface area contributed by atoms with Gasteiger partial charge < -0.3 is 15.2 Å². The molecule has 0 saturated carbocycles. The molecular formula is C16H17F2NO2. The number of ether oxygens (including phenoxy) is 1. The van der Waals surface area contributed by atoms with Gasteiger partial charge >= 0.3 is 0 Å². The molecule has 3 nitrogen and oxygen atoms in total. The number of rotatable bonds is 7. The van der Waals surface area contributed by atoms with Crippen LogP contribution in [-0.2, 0) is 13.1 Å². The van der Waals surface area contributed by atoms with Crippen LogP contribution in [0.15, 0.2) is 42.5 Å². The predicted molar refractivity (Wildman–Crippen MR) is 75.9 cm³/mol. The number of hydrogen-bond acceptors (Lipinski definition) is 3. The van der Waals surface area contributed by atoms with Crippen LogP contribution in [0.3, 0.4) is 0 Å². The third-order valence-electron chi connectivity index (χ3n) is 2.97. The molecule has 0 radical (unpaired) electrons. The molecule has 2 aromatic carbocycles. The van der Waals surface area contributed by atoms with Crippen molar-refractivity contribution in [3.05, 3.63) is 65.2 Å². The Kier molecular flexibility index (Phi) is 5.66. The van der Waals surface area contributed by atoms with Gasteiger partial charge in [-0.1, -0.05) is 24.3 Å². The van der Waals surface area contributed by atoms with Gasteiger partial charge in [0, 0.05) is 30.3 Å². The molecule has 0 spiro atoms. The van der Waals surface area contributed by atoms with Crippen LogP contribution in [0.5, 0.6) is 5.75 Å². The van der Waals surface area contributed by atoms with Crippen LogP contribution in [0.1, 0.15) is 11.1 Å². The van der Waals surface area contributed by atoms with Gasteiger partial charge in [0.15, 0.2) is 0 Å². The third kappa shape index (κ3) is 4.51. The summed E-state index contributed by atoms with van der Waals surface area (Å²) in [6.07, 6.45) is 0. The second-order valence-electron chi connectivity index (χ2n) is 4.52. The van der Waals surface area contributed by atoms with Gasteiger partial charge in [0.05, 0.1) is 6.61 Å². The highest BCUT2D eigenvalue weighted by Crippen LogP contribution is 2.18. The fraction of sp³-hybridized carbons (Fsp3) is 0.250. The topological polar surface area (TPSA) is 41.5 Å². The van der Waals surface area contributed by atoms with Gasteiger partial charge in [-0.25, -0.2) is 8.78 Å². The van der Waals surface area contributed by atoms with Crippen LogP contribution in [0.4, 0.5) is 8.78 Å². The smallest absolute Gasteiger partial charge is 0.130 e. The van der Waals surface area contributed by atoms with E-state index in [-0.39, 0.29) is 13.2 Å². The largest absolute Gasteiger partial charge is 0.491 e. The van der Waals surface area contributed by atoms with E-state index in [9.17, 15) is 8.78 Å². The maximum Gasteiger partial charge on any atom is 0.130 e. The second-order valence-corrected chi connectivity index (χ2v) is 4.52. The average Bonchev–Trinajstić information content (AvgIpc) is 2.48. The van der Waals surface area contributed by atoms with E-state index in [1.165, 1.54) is 12.1 Å². The van der Waals surface area contributed by atoms with E-state index < -0.39 is 11.6 Å². The van der Waals surface area contributed by atoms with Gasteiger partial charge in [-0.2, -0.15) is 0 Å². The molecule has 112 valence electrons. The Balaban J connectivity index is 1.94. The van der Waals surface area contributed by atoms with Crippen LogP contribution in [0, 0.1) is 11.6 Å². The standard InChI is InChI=1S/C16H17F2NO2/c17-14-6-5-12(15(18)9-14)10-19-11-13-3-1-2-4-16(13)21-8-7-20/h1-6,9,19-20H,7-8,10-11H2. The molecule has 2 aromatic rings. The van der Waals surface area contributed by atoms with Gasteiger partial charge in [-0.05, 0) is 12.1 Å². The molecule has 0 aliphatic rings. The van der Waals surface area contributed by atoms with Crippen molar-refractivity contribution in [1.29, 1.82) is 0 Å². The fourth-order valence-electron chi connectivity index (χ4n) is 1.94. The molecule has 2 N–H and O–H groups in total. The molecule has 0 bridgehead atoms. The molecule has 5 heteroatoms. The normalized spacial score (nSPS) is 10.6. The third-order valence-corrected chi connectivity index (χ3v) is 2.97. The second kappa shape index (κ2) is 7.71. The van der Waals surface area contributed by atoms with Gasteiger partial charge in [-0.15, -0.1) is 0 Å². The minimum absolute atomic E-state index is 0.0530. The van der Waals surface area contributed by atoms with Crippen molar-refractivity contribution in [2.45, 2.75) is 13.1 Å². The highest BCUT2D eigenvalue weighted by atomic mass is 19.1. The number of hydrogen-bond donors (Lipinski definition) is 2. The van der Waals surface area contributed by atoms with E-state index >= 15 is 0 Å². The Morgan fingerprint density at radius 3 is 2.52 bits per heavy atom. The number of benzene rings is 2. The summed E-state index contributed by atoms with van der Waals surface area (Å²) in [7, 11) is 0. The van der Waals surface area contributed by atoms with Gasteiger partial charge in [0.2, 0.25) is 0 Å². The van der Waals surface area contributed by atoms with E-state index in [0.717, 1.165) is 11.6 Å². The molecule has 0 unspecified atom stereocenters. The zero-order valence-corrected chi connectivity index (χ0v) is 11.5. The number of aliphatic hydroxyl groups excluding tert-OH is 1. The summed E-state index contributed by atoms with van der Waals surface area (Å²) in [6.45, 7) is 0.949. The molecule has 0 aliphatic heterocycles. The Morgan fingerprint density at radius 1 is 1.00 bits per heavy atom. The molecular weight excluding hydrogens is 276 g/mol. The van der Waals surface area contributed by atoms with Crippen molar-refractivity contribution in [1.82, 2.24) is 5.32 Å². The summed E-state index contributed by atoms with van der Waals surface area (Å²) < 4.78 is 31.7. The molecule has 0 aliphatic carbocycles. The van der Waals surface area contributed by atoms with Crippen LogP contribution in [0.25, 0.3) is 0 Å². The van der Waals surface area contributed by atoms with Crippen molar-refractivity contribution >= 4 is 0 Å².